The molecular weight excluding hydrogens is 216 g/mol. The van der Waals surface area contributed by atoms with Gasteiger partial charge in [0.2, 0.25) is 5.89 Å². The van der Waals surface area contributed by atoms with Crippen molar-refractivity contribution in [1.82, 2.24) is 19.9 Å². The smallest absolute Gasteiger partial charge is 0.248 e. The summed E-state index contributed by atoms with van der Waals surface area (Å²) in [5, 5.41) is 8.36. The fourth-order valence-electron chi connectivity index (χ4n) is 2.45. The molecule has 0 atom stereocenters. The third-order valence-electron chi connectivity index (χ3n) is 3.30. The van der Waals surface area contributed by atoms with Crippen molar-refractivity contribution >= 4 is 0 Å². The van der Waals surface area contributed by atoms with Crippen molar-refractivity contribution in [1.29, 1.82) is 0 Å². The molecule has 2 aromatic heterocycles. The highest BCUT2D eigenvalue weighted by Crippen LogP contribution is 2.32. The van der Waals surface area contributed by atoms with Gasteiger partial charge < -0.3 is 4.52 Å². The molecule has 1 aliphatic rings. The molecule has 2 heterocycles. The van der Waals surface area contributed by atoms with Gasteiger partial charge in [0.05, 0.1) is 5.69 Å². The van der Waals surface area contributed by atoms with Crippen LogP contribution in [0.5, 0.6) is 0 Å². The summed E-state index contributed by atoms with van der Waals surface area (Å²) in [6.45, 7) is 2.38. The number of hydrogen-bond donors (Lipinski definition) is 0. The van der Waals surface area contributed by atoms with Crippen molar-refractivity contribution in [3.8, 4) is 0 Å². The summed E-state index contributed by atoms with van der Waals surface area (Å²) in [6.07, 6.45) is 7.21. The lowest BCUT2D eigenvalue weighted by atomic mass is 10.1. The highest BCUT2D eigenvalue weighted by molar-refractivity contribution is 5.08. The quantitative estimate of drug-likeness (QED) is 0.814. The van der Waals surface area contributed by atoms with Crippen LogP contribution in [0, 0.1) is 6.92 Å². The Hall–Kier alpha value is -1.65. The van der Waals surface area contributed by atoms with Crippen LogP contribution in [-0.4, -0.2) is 19.9 Å². The van der Waals surface area contributed by atoms with Gasteiger partial charge in [-0.05, 0) is 25.8 Å². The number of hydrogen-bond acceptors (Lipinski definition) is 4. The van der Waals surface area contributed by atoms with Crippen molar-refractivity contribution in [2.24, 2.45) is 0 Å². The van der Waals surface area contributed by atoms with Crippen molar-refractivity contribution < 1.29 is 4.52 Å². The van der Waals surface area contributed by atoms with Gasteiger partial charge in [0.25, 0.3) is 0 Å². The van der Waals surface area contributed by atoms with E-state index < -0.39 is 0 Å². The van der Waals surface area contributed by atoms with Gasteiger partial charge in [0.15, 0.2) is 5.82 Å². The van der Waals surface area contributed by atoms with Crippen LogP contribution in [0.25, 0.3) is 0 Å². The van der Waals surface area contributed by atoms with Crippen molar-refractivity contribution in [3.63, 3.8) is 0 Å². The molecule has 17 heavy (non-hydrogen) atoms. The molecule has 0 aromatic carbocycles. The molecule has 0 aliphatic heterocycles. The van der Waals surface area contributed by atoms with Crippen LogP contribution in [0.2, 0.25) is 0 Å². The number of rotatable bonds is 3. The number of nitrogens with zero attached hydrogens (tertiary/aromatic N) is 4. The largest absolute Gasteiger partial charge is 0.337 e. The van der Waals surface area contributed by atoms with E-state index in [9.17, 15) is 0 Å². The fraction of sp³-hybridized carbons (Fsp3) is 0.583. The molecular formula is C12H16N4O. The molecule has 1 fully saturated rings. The van der Waals surface area contributed by atoms with Gasteiger partial charge in [-0.15, -0.1) is 0 Å². The average molecular weight is 232 g/mol. The highest BCUT2D eigenvalue weighted by Gasteiger charge is 2.19. The molecule has 0 unspecified atom stereocenters. The molecule has 5 nitrogen and oxygen atoms in total. The Morgan fingerprint density at radius 3 is 2.94 bits per heavy atom. The minimum Gasteiger partial charge on any atom is -0.337 e. The topological polar surface area (TPSA) is 56.7 Å². The molecule has 0 radical (unpaired) electrons. The summed E-state index contributed by atoms with van der Waals surface area (Å²) in [5.41, 5.74) is 1.21. The van der Waals surface area contributed by atoms with Gasteiger partial charge in [0.1, 0.15) is 6.54 Å². The number of aryl methyl sites for hydroxylation is 1. The van der Waals surface area contributed by atoms with Crippen LogP contribution in [0.4, 0.5) is 0 Å². The Morgan fingerprint density at radius 1 is 1.41 bits per heavy atom. The van der Waals surface area contributed by atoms with Crippen molar-refractivity contribution in [2.75, 3.05) is 0 Å². The predicted molar refractivity (Wildman–Crippen MR) is 61.6 cm³/mol. The first-order valence-electron chi connectivity index (χ1n) is 6.14. The second-order valence-electron chi connectivity index (χ2n) is 4.65. The van der Waals surface area contributed by atoms with Crippen LogP contribution in [-0.2, 0) is 6.54 Å². The summed E-state index contributed by atoms with van der Waals surface area (Å²) < 4.78 is 6.96. The molecule has 5 heteroatoms. The van der Waals surface area contributed by atoms with E-state index in [0.29, 0.717) is 24.2 Å². The zero-order valence-corrected chi connectivity index (χ0v) is 9.96. The van der Waals surface area contributed by atoms with Gasteiger partial charge in [-0.25, -0.2) is 0 Å². The van der Waals surface area contributed by atoms with E-state index in [2.05, 4.69) is 21.3 Å². The molecule has 1 aliphatic carbocycles. The maximum Gasteiger partial charge on any atom is 0.248 e. The third-order valence-corrected chi connectivity index (χ3v) is 3.30. The van der Waals surface area contributed by atoms with Crippen LogP contribution in [0.15, 0.2) is 16.8 Å². The Morgan fingerprint density at radius 2 is 2.24 bits per heavy atom. The Kier molecular flexibility index (Phi) is 2.66. The Bertz CT molecular complexity index is 496. The predicted octanol–water partition coefficient (Wildman–Crippen LogP) is 2.28. The number of aromatic nitrogens is 4. The summed E-state index contributed by atoms with van der Waals surface area (Å²) in [6, 6.07) is 2.11. The third kappa shape index (κ3) is 2.23. The highest BCUT2D eigenvalue weighted by atomic mass is 16.5. The average Bonchev–Trinajstić information content (AvgIpc) is 3.00. The molecule has 1 saturated carbocycles. The Balaban J connectivity index is 1.71. The van der Waals surface area contributed by atoms with Gasteiger partial charge in [-0.2, -0.15) is 10.1 Å². The standard InChI is InChI=1S/C12H16N4O/c1-9-13-12(17-15-9)8-16-7-6-11(14-16)10-4-2-3-5-10/h6-7,10H,2-5,8H2,1H3. The maximum atomic E-state index is 5.08. The second-order valence-corrected chi connectivity index (χ2v) is 4.65. The molecule has 0 bridgehead atoms. The summed E-state index contributed by atoms with van der Waals surface area (Å²) >= 11 is 0. The van der Waals surface area contributed by atoms with E-state index in [4.69, 9.17) is 4.52 Å². The van der Waals surface area contributed by atoms with Crippen LogP contribution in [0.1, 0.15) is 49.0 Å². The van der Waals surface area contributed by atoms with Crippen LogP contribution in [0.3, 0.4) is 0 Å². The minimum atomic E-state index is 0.563. The summed E-state index contributed by atoms with van der Waals surface area (Å²) in [7, 11) is 0. The van der Waals surface area contributed by atoms with E-state index in [1.807, 2.05) is 17.8 Å². The molecule has 90 valence electrons. The SMILES string of the molecule is Cc1noc(Cn2ccc(C3CCCC3)n2)n1. The van der Waals surface area contributed by atoms with E-state index >= 15 is 0 Å². The zero-order valence-electron chi connectivity index (χ0n) is 9.96. The maximum absolute atomic E-state index is 5.08. The van der Waals surface area contributed by atoms with Gasteiger partial charge in [0, 0.05) is 12.1 Å². The molecule has 0 spiro atoms. The van der Waals surface area contributed by atoms with E-state index in [1.54, 1.807) is 0 Å². The lowest BCUT2D eigenvalue weighted by Gasteiger charge is -2.03. The van der Waals surface area contributed by atoms with Gasteiger partial charge in [-0.1, -0.05) is 18.0 Å². The van der Waals surface area contributed by atoms with Crippen LogP contribution < -0.4 is 0 Å². The second kappa shape index (κ2) is 4.31. The van der Waals surface area contributed by atoms with Crippen molar-refractivity contribution in [2.45, 2.75) is 45.1 Å². The monoisotopic (exact) mass is 232 g/mol. The lowest BCUT2D eigenvalue weighted by molar-refractivity contribution is 0.362. The Labute approximate surface area is 99.8 Å². The molecule has 0 saturated heterocycles. The normalized spacial score (nSPS) is 16.8. The van der Waals surface area contributed by atoms with Gasteiger partial charge >= 0.3 is 0 Å². The molecule has 0 amide bonds. The summed E-state index contributed by atoms with van der Waals surface area (Å²) in [4.78, 5) is 4.17. The van der Waals surface area contributed by atoms with Crippen LogP contribution >= 0.6 is 0 Å². The first kappa shape index (κ1) is 10.5. The lowest BCUT2D eigenvalue weighted by Crippen LogP contribution is -2.02. The minimum absolute atomic E-state index is 0.563. The molecule has 0 N–H and O–H groups in total. The first-order valence-corrected chi connectivity index (χ1v) is 6.14. The van der Waals surface area contributed by atoms with E-state index in [1.165, 1.54) is 31.4 Å². The summed E-state index contributed by atoms with van der Waals surface area (Å²) in [5.74, 6) is 1.94. The van der Waals surface area contributed by atoms with Gasteiger partial charge in [-0.3, -0.25) is 4.68 Å². The molecule has 2 aromatic rings. The van der Waals surface area contributed by atoms with E-state index in [0.717, 1.165) is 0 Å². The van der Waals surface area contributed by atoms with E-state index in [-0.39, 0.29) is 0 Å². The van der Waals surface area contributed by atoms with Crippen molar-refractivity contribution in [3.05, 3.63) is 29.7 Å². The molecule has 3 rings (SSSR count). The zero-order chi connectivity index (χ0) is 11.7. The fourth-order valence-corrected chi connectivity index (χ4v) is 2.45. The first-order chi connectivity index (χ1) is 8.31.